The van der Waals surface area contributed by atoms with Crippen molar-refractivity contribution in [2.45, 2.75) is 32.7 Å². The highest BCUT2D eigenvalue weighted by atomic mass is 32.2. The lowest BCUT2D eigenvalue weighted by atomic mass is 10.1. The van der Waals surface area contributed by atoms with E-state index >= 15 is 0 Å². The molecule has 1 aromatic carbocycles. The molecule has 1 atom stereocenters. The molecule has 0 saturated heterocycles. The number of hydrogen-bond acceptors (Lipinski definition) is 6. The fourth-order valence-corrected chi connectivity index (χ4v) is 3.97. The predicted octanol–water partition coefficient (Wildman–Crippen LogP) is 1.29. The summed E-state index contributed by atoms with van der Waals surface area (Å²) in [5, 5.41) is 14.5. The van der Waals surface area contributed by atoms with Crippen molar-refractivity contribution in [2.75, 3.05) is 25.7 Å². The van der Waals surface area contributed by atoms with Crippen molar-refractivity contribution in [1.82, 2.24) is 14.7 Å². The van der Waals surface area contributed by atoms with E-state index in [1.807, 2.05) is 22.9 Å². The van der Waals surface area contributed by atoms with Crippen LogP contribution in [0.5, 0.6) is 5.75 Å². The van der Waals surface area contributed by atoms with E-state index < -0.39 is 15.9 Å². The number of aryl methyl sites for hydroxylation is 1. The van der Waals surface area contributed by atoms with E-state index in [4.69, 9.17) is 4.74 Å². The molecule has 8 heteroatoms. The largest absolute Gasteiger partial charge is 0.497 e. The summed E-state index contributed by atoms with van der Waals surface area (Å²) >= 11 is 0. The lowest BCUT2D eigenvalue weighted by Crippen LogP contribution is -2.33. The molecule has 0 fully saturated rings. The van der Waals surface area contributed by atoms with Crippen molar-refractivity contribution in [3.8, 4) is 5.75 Å². The third-order valence-corrected chi connectivity index (χ3v) is 5.56. The first-order valence-electron chi connectivity index (χ1n) is 8.53. The van der Waals surface area contributed by atoms with Gasteiger partial charge in [0.1, 0.15) is 21.7 Å². The standard InChI is InChI=1S/C18H25N3O4S/c1-13-8-16(25-2)5-4-14(13)10-20-6-7-21-15(11-20)9-17(19-21)18(22)12-26(3,23)24/h4-5,8-9,18,22H,6-7,10-12H2,1-3H3/t18-/m0/s1. The number of methoxy groups -OCH3 is 1. The van der Waals surface area contributed by atoms with E-state index in [1.54, 1.807) is 7.11 Å². The SMILES string of the molecule is COc1ccc(CN2CCn3nc([C@@H](O)CS(C)(=O)=O)cc3C2)c(C)c1. The molecule has 2 aromatic rings. The Morgan fingerprint density at radius 3 is 2.73 bits per heavy atom. The Labute approximate surface area is 154 Å². The molecule has 0 saturated carbocycles. The quantitative estimate of drug-likeness (QED) is 0.814. The molecule has 26 heavy (non-hydrogen) atoms. The van der Waals surface area contributed by atoms with Gasteiger partial charge in [0, 0.05) is 25.9 Å². The molecule has 3 rings (SSSR count). The summed E-state index contributed by atoms with van der Waals surface area (Å²) in [6.07, 6.45) is 0.0332. The molecule has 0 unspecified atom stereocenters. The molecule has 0 bridgehead atoms. The van der Waals surface area contributed by atoms with E-state index in [-0.39, 0.29) is 5.75 Å². The van der Waals surface area contributed by atoms with Crippen LogP contribution in [0, 0.1) is 6.92 Å². The molecule has 7 nitrogen and oxygen atoms in total. The summed E-state index contributed by atoms with van der Waals surface area (Å²) in [5.74, 6) is 0.547. The number of nitrogens with zero attached hydrogens (tertiary/aromatic N) is 3. The second kappa shape index (κ2) is 7.38. The molecule has 2 heterocycles. The molecule has 0 spiro atoms. The van der Waals surface area contributed by atoms with Crippen LogP contribution in [0.2, 0.25) is 0 Å². The third kappa shape index (κ3) is 4.44. The van der Waals surface area contributed by atoms with Crippen molar-refractivity contribution in [1.29, 1.82) is 0 Å². The van der Waals surface area contributed by atoms with Crippen LogP contribution in [-0.4, -0.2) is 53.9 Å². The minimum Gasteiger partial charge on any atom is -0.497 e. The molecule has 1 aliphatic heterocycles. The van der Waals surface area contributed by atoms with E-state index in [0.717, 1.165) is 37.3 Å². The monoisotopic (exact) mass is 379 g/mol. The van der Waals surface area contributed by atoms with Gasteiger partial charge in [-0.15, -0.1) is 0 Å². The van der Waals surface area contributed by atoms with Crippen LogP contribution in [-0.2, 0) is 29.5 Å². The summed E-state index contributed by atoms with van der Waals surface area (Å²) in [6.45, 7) is 5.18. The van der Waals surface area contributed by atoms with Crippen molar-refractivity contribution in [3.05, 3.63) is 46.8 Å². The summed E-state index contributed by atoms with van der Waals surface area (Å²) < 4.78 is 29.9. The average molecular weight is 379 g/mol. The number of ether oxygens (including phenoxy) is 1. The topological polar surface area (TPSA) is 84.7 Å². The van der Waals surface area contributed by atoms with Gasteiger partial charge in [-0.3, -0.25) is 9.58 Å². The first-order valence-corrected chi connectivity index (χ1v) is 10.6. The van der Waals surface area contributed by atoms with Gasteiger partial charge in [-0.1, -0.05) is 6.07 Å². The summed E-state index contributed by atoms with van der Waals surface area (Å²) in [5.41, 5.74) is 3.85. The highest BCUT2D eigenvalue weighted by Gasteiger charge is 2.23. The maximum absolute atomic E-state index is 11.4. The molecule has 0 aliphatic carbocycles. The molecule has 142 valence electrons. The Hall–Kier alpha value is -1.90. The van der Waals surface area contributed by atoms with Crippen LogP contribution in [0.1, 0.15) is 28.6 Å². The van der Waals surface area contributed by atoms with Crippen molar-refractivity contribution >= 4 is 9.84 Å². The molecule has 0 amide bonds. The highest BCUT2D eigenvalue weighted by Crippen LogP contribution is 2.23. The maximum Gasteiger partial charge on any atom is 0.150 e. The minimum atomic E-state index is -3.25. The van der Waals surface area contributed by atoms with Gasteiger partial charge in [-0.2, -0.15) is 5.10 Å². The second-order valence-electron chi connectivity index (χ2n) is 6.89. The second-order valence-corrected chi connectivity index (χ2v) is 9.08. The van der Waals surface area contributed by atoms with E-state index in [9.17, 15) is 13.5 Å². The number of benzene rings is 1. The molecular weight excluding hydrogens is 354 g/mol. The lowest BCUT2D eigenvalue weighted by Gasteiger charge is -2.28. The molecule has 1 N–H and O–H groups in total. The average Bonchev–Trinajstić information content (AvgIpc) is 2.98. The number of aliphatic hydroxyl groups is 1. The van der Waals surface area contributed by atoms with Crippen LogP contribution in [0.25, 0.3) is 0 Å². The van der Waals surface area contributed by atoms with E-state index in [1.165, 1.54) is 11.1 Å². The Kier molecular flexibility index (Phi) is 5.36. The van der Waals surface area contributed by atoms with Crippen molar-refractivity contribution < 1.29 is 18.3 Å². The summed E-state index contributed by atoms with van der Waals surface area (Å²) in [4.78, 5) is 2.32. The summed E-state index contributed by atoms with van der Waals surface area (Å²) in [7, 11) is -1.59. The van der Waals surface area contributed by atoms with Crippen LogP contribution in [0.15, 0.2) is 24.3 Å². The Balaban J connectivity index is 1.70. The van der Waals surface area contributed by atoms with Crippen LogP contribution in [0.4, 0.5) is 0 Å². The number of fused-ring (bicyclic) bond motifs is 1. The highest BCUT2D eigenvalue weighted by molar-refractivity contribution is 7.90. The predicted molar refractivity (Wildman–Crippen MR) is 98.7 cm³/mol. The van der Waals surface area contributed by atoms with Crippen molar-refractivity contribution in [2.24, 2.45) is 0 Å². The third-order valence-electron chi connectivity index (χ3n) is 4.64. The fraction of sp³-hybridized carbons (Fsp3) is 0.500. The molecule has 1 aliphatic rings. The van der Waals surface area contributed by atoms with Gasteiger partial charge in [0.2, 0.25) is 0 Å². The number of aromatic nitrogens is 2. The fourth-order valence-electron chi connectivity index (χ4n) is 3.23. The van der Waals surface area contributed by atoms with Gasteiger partial charge in [0.25, 0.3) is 0 Å². The van der Waals surface area contributed by atoms with Gasteiger partial charge in [-0.05, 0) is 36.2 Å². The Morgan fingerprint density at radius 1 is 1.31 bits per heavy atom. The van der Waals surface area contributed by atoms with Gasteiger partial charge in [0.15, 0.2) is 0 Å². The van der Waals surface area contributed by atoms with Crippen LogP contribution in [0.3, 0.4) is 0 Å². The van der Waals surface area contributed by atoms with Crippen LogP contribution >= 0.6 is 0 Å². The Bertz CT molecular complexity index is 892. The zero-order valence-corrected chi connectivity index (χ0v) is 16.2. The van der Waals surface area contributed by atoms with Crippen molar-refractivity contribution in [3.63, 3.8) is 0 Å². The number of sulfone groups is 1. The smallest absolute Gasteiger partial charge is 0.150 e. The number of hydrogen-bond donors (Lipinski definition) is 1. The molecule has 0 radical (unpaired) electrons. The Morgan fingerprint density at radius 2 is 2.08 bits per heavy atom. The maximum atomic E-state index is 11.4. The van der Waals surface area contributed by atoms with E-state index in [2.05, 4.69) is 23.0 Å². The van der Waals surface area contributed by atoms with E-state index in [0.29, 0.717) is 12.2 Å². The molecule has 1 aromatic heterocycles. The number of aliphatic hydroxyl groups excluding tert-OH is 1. The lowest BCUT2D eigenvalue weighted by molar-refractivity contribution is 0.191. The minimum absolute atomic E-state index is 0.307. The first-order chi connectivity index (χ1) is 12.2. The van der Waals surface area contributed by atoms with Gasteiger partial charge in [-0.25, -0.2) is 8.42 Å². The van der Waals surface area contributed by atoms with Crippen LogP contribution < -0.4 is 4.74 Å². The van der Waals surface area contributed by atoms with Gasteiger partial charge < -0.3 is 9.84 Å². The van der Waals surface area contributed by atoms with Gasteiger partial charge >= 0.3 is 0 Å². The zero-order valence-electron chi connectivity index (χ0n) is 15.3. The normalized spacial score (nSPS) is 16.3. The zero-order chi connectivity index (χ0) is 18.9. The number of rotatable bonds is 6. The first kappa shape index (κ1) is 18.9. The summed E-state index contributed by atoms with van der Waals surface area (Å²) in [6, 6.07) is 7.89. The van der Waals surface area contributed by atoms with Gasteiger partial charge in [0.05, 0.1) is 30.8 Å². The molecular formula is C18H25N3O4S.